The van der Waals surface area contributed by atoms with E-state index in [0.29, 0.717) is 16.4 Å². The number of hydrogen-bond acceptors (Lipinski definition) is 5. The summed E-state index contributed by atoms with van der Waals surface area (Å²) in [5.74, 6) is 0.393. The minimum absolute atomic E-state index is 0.101. The first-order valence-electron chi connectivity index (χ1n) is 5.17. The summed E-state index contributed by atoms with van der Waals surface area (Å²) in [6.45, 7) is 0. The molecule has 1 N–H and O–H groups in total. The van der Waals surface area contributed by atoms with Gasteiger partial charge < -0.3 is 5.32 Å². The van der Waals surface area contributed by atoms with Crippen LogP contribution in [0.4, 0.5) is 17.2 Å². The van der Waals surface area contributed by atoms with Crippen molar-refractivity contribution in [2.24, 2.45) is 0 Å². The second-order valence-electron chi connectivity index (χ2n) is 3.59. The van der Waals surface area contributed by atoms with Crippen LogP contribution in [0.15, 0.2) is 36.5 Å². The molecule has 0 aliphatic rings. The molecular weight excluding hydrogens is 268 g/mol. The summed E-state index contributed by atoms with van der Waals surface area (Å²) in [5, 5.41) is 22.7. The SMILES string of the molecule is N#Cc1ccc(Nc2cc(Cl)ccc2[N+](=O)[O-])nc1. The van der Waals surface area contributed by atoms with E-state index in [0.717, 1.165) is 0 Å². The van der Waals surface area contributed by atoms with Crippen molar-refractivity contribution in [3.05, 3.63) is 57.2 Å². The zero-order chi connectivity index (χ0) is 13.8. The molecule has 0 radical (unpaired) electrons. The molecule has 7 heteroatoms. The van der Waals surface area contributed by atoms with Crippen LogP contribution in [0, 0.1) is 21.4 Å². The van der Waals surface area contributed by atoms with E-state index < -0.39 is 4.92 Å². The molecule has 0 spiro atoms. The summed E-state index contributed by atoms with van der Waals surface area (Å²) < 4.78 is 0. The zero-order valence-electron chi connectivity index (χ0n) is 9.50. The quantitative estimate of drug-likeness (QED) is 0.685. The molecule has 0 aliphatic carbocycles. The molecule has 2 rings (SSSR count). The number of hydrogen-bond donors (Lipinski definition) is 1. The van der Waals surface area contributed by atoms with Gasteiger partial charge in [-0.05, 0) is 24.3 Å². The third-order valence-corrected chi connectivity index (χ3v) is 2.55. The monoisotopic (exact) mass is 274 g/mol. The van der Waals surface area contributed by atoms with Crippen LogP contribution in [0.25, 0.3) is 0 Å². The lowest BCUT2D eigenvalue weighted by Gasteiger charge is -2.06. The predicted molar refractivity (Wildman–Crippen MR) is 70.3 cm³/mol. The first-order valence-corrected chi connectivity index (χ1v) is 5.55. The Morgan fingerprint density at radius 1 is 1.37 bits per heavy atom. The van der Waals surface area contributed by atoms with Crippen molar-refractivity contribution >= 4 is 28.8 Å². The van der Waals surface area contributed by atoms with Crippen LogP contribution < -0.4 is 5.32 Å². The van der Waals surface area contributed by atoms with Crippen LogP contribution in [0.3, 0.4) is 0 Å². The smallest absolute Gasteiger partial charge is 0.292 e. The molecule has 94 valence electrons. The number of benzene rings is 1. The number of pyridine rings is 1. The lowest BCUT2D eigenvalue weighted by atomic mass is 10.2. The van der Waals surface area contributed by atoms with Crippen LogP contribution >= 0.6 is 11.6 Å². The summed E-state index contributed by atoms with van der Waals surface area (Å²) in [6, 6.07) is 9.26. The molecule has 2 aromatic rings. The Bertz CT molecular complexity index is 664. The Morgan fingerprint density at radius 3 is 2.74 bits per heavy atom. The fourth-order valence-corrected chi connectivity index (χ4v) is 1.61. The molecule has 0 amide bonds. The minimum Gasteiger partial charge on any atom is -0.335 e. The van der Waals surface area contributed by atoms with Gasteiger partial charge in [-0.25, -0.2) is 4.98 Å². The third-order valence-electron chi connectivity index (χ3n) is 2.31. The molecule has 0 bridgehead atoms. The number of anilines is 2. The van der Waals surface area contributed by atoms with Crippen molar-refractivity contribution < 1.29 is 4.92 Å². The van der Waals surface area contributed by atoms with Gasteiger partial charge in [0.25, 0.3) is 5.69 Å². The van der Waals surface area contributed by atoms with Gasteiger partial charge in [-0.15, -0.1) is 0 Å². The van der Waals surface area contributed by atoms with E-state index in [9.17, 15) is 10.1 Å². The highest BCUT2D eigenvalue weighted by atomic mass is 35.5. The summed E-state index contributed by atoms with van der Waals surface area (Å²) in [4.78, 5) is 14.3. The largest absolute Gasteiger partial charge is 0.335 e. The van der Waals surface area contributed by atoms with Gasteiger partial charge in [0.2, 0.25) is 0 Å². The number of halogens is 1. The van der Waals surface area contributed by atoms with Crippen LogP contribution in [-0.2, 0) is 0 Å². The number of nitrogens with zero attached hydrogens (tertiary/aromatic N) is 3. The molecule has 6 nitrogen and oxygen atoms in total. The number of rotatable bonds is 3. The van der Waals surface area contributed by atoms with Gasteiger partial charge in [-0.2, -0.15) is 5.26 Å². The Hall–Kier alpha value is -2.65. The van der Waals surface area contributed by atoms with E-state index in [2.05, 4.69) is 10.3 Å². The minimum atomic E-state index is -0.512. The maximum Gasteiger partial charge on any atom is 0.292 e. The molecule has 0 aliphatic heterocycles. The van der Waals surface area contributed by atoms with Gasteiger partial charge >= 0.3 is 0 Å². The second-order valence-corrected chi connectivity index (χ2v) is 4.02. The summed E-state index contributed by atoms with van der Waals surface area (Å²) in [5.41, 5.74) is 0.552. The number of nitro benzene ring substituents is 1. The fraction of sp³-hybridized carbons (Fsp3) is 0. The molecule has 0 saturated heterocycles. The number of nitrogens with one attached hydrogen (secondary N) is 1. The average molecular weight is 275 g/mol. The predicted octanol–water partition coefficient (Wildman–Crippen LogP) is 3.26. The van der Waals surface area contributed by atoms with E-state index >= 15 is 0 Å². The van der Waals surface area contributed by atoms with Crippen molar-refractivity contribution in [1.82, 2.24) is 4.98 Å². The van der Waals surface area contributed by atoms with E-state index in [-0.39, 0.29) is 11.4 Å². The number of nitriles is 1. The lowest BCUT2D eigenvalue weighted by molar-refractivity contribution is -0.383. The Balaban J connectivity index is 2.34. The Labute approximate surface area is 113 Å². The molecular formula is C12H7ClN4O2. The molecule has 0 unspecified atom stereocenters. The maximum absolute atomic E-state index is 10.9. The molecule has 1 heterocycles. The second kappa shape index (κ2) is 5.33. The Kier molecular flexibility index (Phi) is 3.59. The molecule has 0 atom stereocenters. The maximum atomic E-state index is 10.9. The fourth-order valence-electron chi connectivity index (χ4n) is 1.44. The van der Waals surface area contributed by atoms with Crippen molar-refractivity contribution in [2.75, 3.05) is 5.32 Å². The zero-order valence-corrected chi connectivity index (χ0v) is 10.3. The first-order chi connectivity index (χ1) is 9.10. The van der Waals surface area contributed by atoms with E-state index in [1.165, 1.54) is 24.4 Å². The van der Waals surface area contributed by atoms with Crippen LogP contribution in [0.2, 0.25) is 5.02 Å². The van der Waals surface area contributed by atoms with Gasteiger partial charge in [0.15, 0.2) is 0 Å². The standard InChI is InChI=1S/C12H7ClN4O2/c13-9-2-3-11(17(18)19)10(5-9)16-12-4-1-8(6-14)7-15-12/h1-5,7H,(H,15,16). The van der Waals surface area contributed by atoms with Gasteiger partial charge in [0.05, 0.1) is 10.5 Å². The number of aromatic nitrogens is 1. The highest BCUT2D eigenvalue weighted by molar-refractivity contribution is 6.31. The van der Waals surface area contributed by atoms with Crippen molar-refractivity contribution in [1.29, 1.82) is 5.26 Å². The molecule has 19 heavy (non-hydrogen) atoms. The van der Waals surface area contributed by atoms with Gasteiger partial charge in [-0.3, -0.25) is 10.1 Å². The molecule has 0 fully saturated rings. The normalized spacial score (nSPS) is 9.68. The average Bonchev–Trinajstić information content (AvgIpc) is 2.39. The summed E-state index contributed by atoms with van der Waals surface area (Å²) in [6.07, 6.45) is 1.37. The highest BCUT2D eigenvalue weighted by Crippen LogP contribution is 2.29. The molecule has 0 saturated carbocycles. The summed E-state index contributed by atoms with van der Waals surface area (Å²) in [7, 11) is 0. The lowest BCUT2D eigenvalue weighted by Crippen LogP contribution is -1.98. The third kappa shape index (κ3) is 2.97. The number of nitro groups is 1. The van der Waals surface area contributed by atoms with Crippen LogP contribution in [0.1, 0.15) is 5.56 Å². The van der Waals surface area contributed by atoms with Gasteiger partial charge in [-0.1, -0.05) is 11.6 Å². The van der Waals surface area contributed by atoms with Crippen LogP contribution in [0.5, 0.6) is 0 Å². The highest BCUT2D eigenvalue weighted by Gasteiger charge is 2.14. The molecule has 1 aromatic heterocycles. The van der Waals surface area contributed by atoms with E-state index in [1.54, 1.807) is 12.1 Å². The topological polar surface area (TPSA) is 91.8 Å². The van der Waals surface area contributed by atoms with Crippen molar-refractivity contribution in [3.8, 4) is 6.07 Å². The van der Waals surface area contributed by atoms with E-state index in [4.69, 9.17) is 16.9 Å². The van der Waals surface area contributed by atoms with Crippen LogP contribution in [-0.4, -0.2) is 9.91 Å². The van der Waals surface area contributed by atoms with Crippen molar-refractivity contribution in [2.45, 2.75) is 0 Å². The van der Waals surface area contributed by atoms with Crippen molar-refractivity contribution in [3.63, 3.8) is 0 Å². The van der Waals surface area contributed by atoms with E-state index in [1.807, 2.05) is 6.07 Å². The summed E-state index contributed by atoms with van der Waals surface area (Å²) >= 11 is 5.81. The van der Waals surface area contributed by atoms with Gasteiger partial charge in [0.1, 0.15) is 17.6 Å². The Morgan fingerprint density at radius 2 is 2.16 bits per heavy atom. The molecule has 1 aromatic carbocycles. The van der Waals surface area contributed by atoms with Gasteiger partial charge in [0, 0.05) is 17.3 Å². The first kappa shape index (κ1) is 12.8.